The lowest BCUT2D eigenvalue weighted by atomic mass is 10.0. The van der Waals surface area contributed by atoms with Gasteiger partial charge in [0.2, 0.25) is 5.91 Å². The van der Waals surface area contributed by atoms with Gasteiger partial charge in [-0.15, -0.1) is 22.7 Å². The van der Waals surface area contributed by atoms with Crippen molar-refractivity contribution in [3.05, 3.63) is 34.7 Å². The molecule has 2 aliphatic rings. The minimum atomic E-state index is 0.0806. The number of anilines is 1. The number of thiophene rings is 1. The van der Waals surface area contributed by atoms with Crippen molar-refractivity contribution in [2.45, 2.75) is 38.3 Å². The Morgan fingerprint density at radius 1 is 1.26 bits per heavy atom. The Balaban J connectivity index is 1.45. The Labute approximate surface area is 166 Å². The molecule has 3 N–H and O–H groups in total. The molecule has 0 saturated heterocycles. The maximum atomic E-state index is 12.5. The maximum absolute atomic E-state index is 12.5. The number of fused-ring (bicyclic) bond motifs is 2. The lowest BCUT2D eigenvalue weighted by molar-refractivity contribution is -0.116. The average molecular weight is 399 g/mol. The molecule has 5 nitrogen and oxygen atoms in total. The third-order valence-electron chi connectivity index (χ3n) is 5.05. The number of para-hydroxylation sites is 1. The highest BCUT2D eigenvalue weighted by atomic mass is 32.1. The summed E-state index contributed by atoms with van der Waals surface area (Å²) < 4.78 is 1.19. The molecule has 3 heterocycles. The smallest absolute Gasteiger partial charge is 0.226 e. The molecule has 1 amide bonds. The molecule has 1 fully saturated rings. The van der Waals surface area contributed by atoms with Crippen molar-refractivity contribution in [2.24, 2.45) is 0 Å². The number of nitrogens with zero attached hydrogens (tertiary/aromatic N) is 1. The molecule has 1 aliphatic heterocycles. The molecule has 5 rings (SSSR count). The second kappa shape index (κ2) is 7.31. The van der Waals surface area contributed by atoms with Crippen LogP contribution >= 0.6 is 22.7 Å². The Morgan fingerprint density at radius 2 is 2.15 bits per heavy atom. The van der Waals surface area contributed by atoms with E-state index in [-0.39, 0.29) is 5.91 Å². The van der Waals surface area contributed by atoms with E-state index in [4.69, 9.17) is 4.98 Å². The largest absolute Gasteiger partial charge is 0.317 e. The number of aromatic nitrogens is 1. The van der Waals surface area contributed by atoms with Gasteiger partial charge >= 0.3 is 0 Å². The summed E-state index contributed by atoms with van der Waals surface area (Å²) in [6.45, 7) is 2.59. The molecule has 1 aromatic carbocycles. The van der Waals surface area contributed by atoms with Gasteiger partial charge in [-0.1, -0.05) is 12.1 Å². The molecular formula is C20H22N4OS2. The zero-order chi connectivity index (χ0) is 18.2. The lowest BCUT2D eigenvalue weighted by Gasteiger charge is -2.13. The molecule has 7 heteroatoms. The van der Waals surface area contributed by atoms with E-state index in [0.29, 0.717) is 12.5 Å². The van der Waals surface area contributed by atoms with Crippen molar-refractivity contribution in [1.29, 1.82) is 0 Å². The Kier molecular flexibility index (Phi) is 4.69. The summed E-state index contributed by atoms with van der Waals surface area (Å²) >= 11 is 3.41. The zero-order valence-corrected chi connectivity index (χ0v) is 16.6. The fraction of sp³-hybridized carbons (Fsp3) is 0.400. The number of carbonyl (C=O) groups is 1. The molecule has 0 unspecified atom stereocenters. The Morgan fingerprint density at radius 3 is 3.00 bits per heavy atom. The highest BCUT2D eigenvalue weighted by Gasteiger charge is 2.25. The number of benzene rings is 1. The van der Waals surface area contributed by atoms with Crippen molar-refractivity contribution >= 4 is 43.8 Å². The summed E-state index contributed by atoms with van der Waals surface area (Å²) in [5, 5.41) is 12.0. The summed E-state index contributed by atoms with van der Waals surface area (Å²) in [5.74, 6) is 0.0806. The van der Waals surface area contributed by atoms with Gasteiger partial charge in [0.1, 0.15) is 10.0 Å². The van der Waals surface area contributed by atoms with Gasteiger partial charge in [-0.3, -0.25) is 4.79 Å². The Hall–Kier alpha value is -1.80. The summed E-state index contributed by atoms with van der Waals surface area (Å²) in [5.41, 5.74) is 3.52. The quantitative estimate of drug-likeness (QED) is 0.592. The van der Waals surface area contributed by atoms with Crippen LogP contribution < -0.4 is 16.0 Å². The highest BCUT2D eigenvalue weighted by Crippen LogP contribution is 2.44. The predicted octanol–water partition coefficient (Wildman–Crippen LogP) is 3.75. The topological polar surface area (TPSA) is 66.0 Å². The van der Waals surface area contributed by atoms with Crippen LogP contribution in [-0.4, -0.2) is 30.0 Å². The normalized spacial score (nSPS) is 16.4. The van der Waals surface area contributed by atoms with Crippen molar-refractivity contribution in [1.82, 2.24) is 15.6 Å². The number of amides is 1. The highest BCUT2D eigenvalue weighted by molar-refractivity contribution is 7.22. The van der Waals surface area contributed by atoms with Gasteiger partial charge in [0.15, 0.2) is 0 Å². The van der Waals surface area contributed by atoms with Crippen LogP contribution in [0.3, 0.4) is 0 Å². The zero-order valence-electron chi connectivity index (χ0n) is 15.0. The van der Waals surface area contributed by atoms with Crippen LogP contribution in [0.2, 0.25) is 0 Å². The van der Waals surface area contributed by atoms with Gasteiger partial charge < -0.3 is 16.0 Å². The molecule has 0 atom stereocenters. The first-order valence-electron chi connectivity index (χ1n) is 9.52. The first kappa shape index (κ1) is 17.3. The minimum Gasteiger partial charge on any atom is -0.317 e. The number of hydrogen-bond acceptors (Lipinski definition) is 6. The molecule has 1 saturated carbocycles. The summed E-state index contributed by atoms with van der Waals surface area (Å²) in [6, 6.07) is 8.87. The molecule has 3 aromatic rings. The lowest BCUT2D eigenvalue weighted by Crippen LogP contribution is -2.23. The van der Waals surface area contributed by atoms with Gasteiger partial charge in [-0.05, 0) is 43.5 Å². The second-order valence-electron chi connectivity index (χ2n) is 7.15. The third-order valence-corrected chi connectivity index (χ3v) is 7.25. The van der Waals surface area contributed by atoms with E-state index in [1.165, 1.54) is 28.0 Å². The van der Waals surface area contributed by atoms with Gasteiger partial charge in [0.05, 0.1) is 10.2 Å². The maximum Gasteiger partial charge on any atom is 0.226 e. The fourth-order valence-corrected chi connectivity index (χ4v) is 5.84. The number of carbonyl (C=O) groups excluding carboxylic acids is 1. The van der Waals surface area contributed by atoms with Crippen LogP contribution in [0.25, 0.3) is 20.8 Å². The van der Waals surface area contributed by atoms with Crippen molar-refractivity contribution < 1.29 is 4.79 Å². The molecular weight excluding hydrogens is 376 g/mol. The number of rotatable bonds is 6. The minimum absolute atomic E-state index is 0.0806. The van der Waals surface area contributed by atoms with Crippen LogP contribution in [0.1, 0.15) is 29.7 Å². The van der Waals surface area contributed by atoms with Crippen LogP contribution in [0.15, 0.2) is 24.3 Å². The Bertz CT molecular complexity index is 956. The molecule has 27 heavy (non-hydrogen) atoms. The third kappa shape index (κ3) is 3.65. The molecule has 0 bridgehead atoms. The van der Waals surface area contributed by atoms with Crippen molar-refractivity contribution in [3.8, 4) is 10.6 Å². The number of nitrogens with one attached hydrogen (secondary N) is 3. The summed E-state index contributed by atoms with van der Waals surface area (Å²) in [4.78, 5) is 18.7. The van der Waals surface area contributed by atoms with Crippen LogP contribution in [0.4, 0.5) is 5.00 Å². The fourth-order valence-electron chi connectivity index (χ4n) is 3.49. The van der Waals surface area contributed by atoms with E-state index in [0.717, 1.165) is 47.1 Å². The van der Waals surface area contributed by atoms with Crippen molar-refractivity contribution in [2.75, 3.05) is 18.4 Å². The molecule has 0 radical (unpaired) electrons. The summed E-state index contributed by atoms with van der Waals surface area (Å²) in [7, 11) is 0. The van der Waals surface area contributed by atoms with E-state index >= 15 is 0 Å². The predicted molar refractivity (Wildman–Crippen MR) is 113 cm³/mol. The van der Waals surface area contributed by atoms with E-state index in [1.54, 1.807) is 22.7 Å². The van der Waals surface area contributed by atoms with Crippen molar-refractivity contribution in [3.63, 3.8) is 0 Å². The van der Waals surface area contributed by atoms with Crippen LogP contribution in [0.5, 0.6) is 0 Å². The second-order valence-corrected chi connectivity index (χ2v) is 9.28. The van der Waals surface area contributed by atoms with Gasteiger partial charge in [0, 0.05) is 36.0 Å². The van der Waals surface area contributed by atoms with E-state index in [2.05, 4.69) is 28.1 Å². The van der Waals surface area contributed by atoms with Gasteiger partial charge in [-0.25, -0.2) is 4.98 Å². The van der Waals surface area contributed by atoms with Crippen LogP contribution in [-0.2, 0) is 17.8 Å². The number of thiazole rings is 1. The summed E-state index contributed by atoms with van der Waals surface area (Å²) in [6.07, 6.45) is 3.98. The van der Waals surface area contributed by atoms with Gasteiger partial charge in [-0.2, -0.15) is 0 Å². The SMILES string of the molecule is O=C(CCNC1CC1)Nc1sc2c(c1-c1nc3ccccc3s1)CCNC2. The molecule has 1 aliphatic carbocycles. The molecule has 2 aromatic heterocycles. The monoisotopic (exact) mass is 398 g/mol. The standard InChI is InChI=1S/C20H22N4OS2/c25-17(8-10-22-12-5-6-12)24-20-18(13-7-9-21-11-16(13)27-20)19-23-14-3-1-2-4-15(14)26-19/h1-4,12,21-22H,5-11H2,(H,24,25). The first-order chi connectivity index (χ1) is 13.3. The van der Waals surface area contributed by atoms with Crippen LogP contribution in [0, 0.1) is 0 Å². The van der Waals surface area contributed by atoms with E-state index < -0.39 is 0 Å². The first-order valence-corrected chi connectivity index (χ1v) is 11.2. The number of hydrogen-bond donors (Lipinski definition) is 3. The van der Waals surface area contributed by atoms with Gasteiger partial charge in [0.25, 0.3) is 0 Å². The van der Waals surface area contributed by atoms with E-state index in [9.17, 15) is 4.79 Å². The molecule has 140 valence electrons. The average Bonchev–Trinajstić information content (AvgIpc) is 3.27. The molecule has 0 spiro atoms. The van der Waals surface area contributed by atoms with E-state index in [1.807, 2.05) is 12.1 Å².